The van der Waals surface area contributed by atoms with Crippen LogP contribution in [0.15, 0.2) is 18.5 Å². The van der Waals surface area contributed by atoms with Gasteiger partial charge in [-0.3, -0.25) is 4.40 Å². The minimum atomic E-state index is 0.0893. The predicted molar refractivity (Wildman–Crippen MR) is 92.4 cm³/mol. The van der Waals surface area contributed by atoms with E-state index in [2.05, 4.69) is 29.9 Å². The van der Waals surface area contributed by atoms with Gasteiger partial charge in [-0.15, -0.1) is 10.2 Å². The van der Waals surface area contributed by atoms with E-state index in [1.807, 2.05) is 17.2 Å². The summed E-state index contributed by atoms with van der Waals surface area (Å²) in [5, 5.41) is 11.9. The molecule has 1 aliphatic heterocycles. The van der Waals surface area contributed by atoms with E-state index in [1.165, 1.54) is 0 Å². The van der Waals surface area contributed by atoms with Crippen LogP contribution in [0.4, 0.5) is 4.79 Å². The fourth-order valence-corrected chi connectivity index (χ4v) is 4.20. The zero-order valence-electron chi connectivity index (χ0n) is 14.0. The molecule has 0 unspecified atom stereocenters. The molecule has 8 heteroatoms. The van der Waals surface area contributed by atoms with Crippen molar-refractivity contribution in [2.75, 3.05) is 13.1 Å². The summed E-state index contributed by atoms with van der Waals surface area (Å²) in [6.07, 6.45) is 8.78. The Labute approximate surface area is 144 Å². The third-order valence-corrected chi connectivity index (χ3v) is 5.49. The Morgan fingerprint density at radius 1 is 1.24 bits per heavy atom. The minimum absolute atomic E-state index is 0.0893. The van der Waals surface area contributed by atoms with Crippen LogP contribution in [-0.4, -0.2) is 54.6 Å². The van der Waals surface area contributed by atoms with Gasteiger partial charge in [0.25, 0.3) is 0 Å². The maximum Gasteiger partial charge on any atom is 0.317 e. The highest BCUT2D eigenvalue weighted by molar-refractivity contribution is 5.75. The summed E-state index contributed by atoms with van der Waals surface area (Å²) < 4.78 is 2.09. The molecule has 0 spiro atoms. The number of aromatic nitrogens is 5. The molecule has 3 aromatic rings. The summed E-state index contributed by atoms with van der Waals surface area (Å²) in [6, 6.07) is 2.31. The summed E-state index contributed by atoms with van der Waals surface area (Å²) in [4.78, 5) is 21.7. The number of hydrogen-bond acceptors (Lipinski definition) is 4. The van der Waals surface area contributed by atoms with E-state index in [-0.39, 0.29) is 12.1 Å². The minimum Gasteiger partial charge on any atom is -0.345 e. The van der Waals surface area contributed by atoms with Gasteiger partial charge in [0.05, 0.1) is 11.7 Å². The Hall–Kier alpha value is -2.64. The lowest BCUT2D eigenvalue weighted by atomic mass is 10.1. The van der Waals surface area contributed by atoms with Gasteiger partial charge in [-0.05, 0) is 38.2 Å². The Morgan fingerprint density at radius 2 is 2.12 bits per heavy atom. The van der Waals surface area contributed by atoms with Gasteiger partial charge in [-0.1, -0.05) is 0 Å². The topological polar surface area (TPSA) is 91.2 Å². The number of urea groups is 1. The molecule has 8 nitrogen and oxygen atoms in total. The molecule has 4 heterocycles. The van der Waals surface area contributed by atoms with Crippen LogP contribution < -0.4 is 5.32 Å². The van der Waals surface area contributed by atoms with Crippen molar-refractivity contribution in [3.8, 4) is 0 Å². The summed E-state index contributed by atoms with van der Waals surface area (Å²) in [5.41, 5.74) is 2.61. The molecule has 0 bridgehead atoms. The second kappa shape index (κ2) is 5.72. The van der Waals surface area contributed by atoms with Crippen LogP contribution in [0.1, 0.15) is 43.8 Å². The predicted octanol–water partition coefficient (Wildman–Crippen LogP) is 2.05. The van der Waals surface area contributed by atoms with Crippen molar-refractivity contribution in [1.29, 1.82) is 0 Å². The normalized spacial score (nSPS) is 23.8. The van der Waals surface area contributed by atoms with Crippen LogP contribution >= 0.6 is 0 Å². The first-order valence-corrected chi connectivity index (χ1v) is 9.02. The Balaban J connectivity index is 1.37. The smallest absolute Gasteiger partial charge is 0.317 e. The van der Waals surface area contributed by atoms with E-state index in [9.17, 15) is 4.79 Å². The van der Waals surface area contributed by atoms with Gasteiger partial charge in [0, 0.05) is 31.2 Å². The van der Waals surface area contributed by atoms with Gasteiger partial charge >= 0.3 is 6.03 Å². The third kappa shape index (κ3) is 2.43. The van der Waals surface area contributed by atoms with Crippen LogP contribution in [0.3, 0.4) is 0 Å². The fraction of sp³-hybridized carbons (Fsp3) is 0.529. The molecule has 0 radical (unpaired) electrons. The van der Waals surface area contributed by atoms with Crippen molar-refractivity contribution in [2.45, 2.75) is 44.1 Å². The first kappa shape index (κ1) is 14.7. The van der Waals surface area contributed by atoms with Crippen LogP contribution in [0.5, 0.6) is 0 Å². The van der Waals surface area contributed by atoms with Crippen molar-refractivity contribution >= 4 is 22.8 Å². The van der Waals surface area contributed by atoms with E-state index in [4.69, 9.17) is 0 Å². The van der Waals surface area contributed by atoms with Gasteiger partial charge in [-0.2, -0.15) is 0 Å². The molecule has 0 aromatic carbocycles. The largest absolute Gasteiger partial charge is 0.345 e. The highest BCUT2D eigenvalue weighted by Gasteiger charge is 2.32. The molecule has 2 N–H and O–H groups in total. The molecule has 2 atom stereocenters. The molecule has 1 aliphatic carbocycles. The summed E-state index contributed by atoms with van der Waals surface area (Å²) >= 11 is 0. The lowest BCUT2D eigenvalue weighted by molar-refractivity contribution is 0.204. The highest BCUT2D eigenvalue weighted by atomic mass is 16.2. The Kier molecular flexibility index (Phi) is 3.36. The quantitative estimate of drug-likeness (QED) is 0.747. The second-order valence-corrected chi connectivity index (χ2v) is 7.07. The van der Waals surface area contributed by atoms with E-state index in [0.29, 0.717) is 5.92 Å². The molecule has 3 aromatic heterocycles. The highest BCUT2D eigenvalue weighted by Crippen LogP contribution is 2.34. The van der Waals surface area contributed by atoms with Gasteiger partial charge in [0.2, 0.25) is 0 Å². The molecular formula is C17H21N7O. The molecule has 1 saturated heterocycles. The molecule has 2 aliphatic rings. The lowest BCUT2D eigenvalue weighted by Crippen LogP contribution is -2.42. The van der Waals surface area contributed by atoms with E-state index >= 15 is 0 Å². The number of H-pyrrole nitrogens is 1. The number of likely N-dealkylation sites (tertiary alicyclic amines) is 1. The second-order valence-electron chi connectivity index (χ2n) is 7.07. The van der Waals surface area contributed by atoms with Crippen LogP contribution in [-0.2, 0) is 0 Å². The van der Waals surface area contributed by atoms with Crippen LogP contribution in [0.25, 0.3) is 16.8 Å². The number of carbonyl (C=O) groups is 1. The molecule has 130 valence electrons. The fourth-order valence-electron chi connectivity index (χ4n) is 4.20. The maximum atomic E-state index is 12.3. The molecule has 2 fully saturated rings. The summed E-state index contributed by atoms with van der Waals surface area (Å²) in [6.45, 7) is 1.77. The number of rotatable bonds is 2. The van der Waals surface area contributed by atoms with E-state index in [0.717, 1.165) is 67.8 Å². The Morgan fingerprint density at radius 3 is 3.00 bits per heavy atom. The number of fused-ring (bicyclic) bond motifs is 3. The monoisotopic (exact) mass is 339 g/mol. The van der Waals surface area contributed by atoms with Crippen molar-refractivity contribution in [3.05, 3.63) is 24.3 Å². The Bertz CT molecular complexity index is 924. The van der Waals surface area contributed by atoms with E-state index in [1.54, 1.807) is 6.20 Å². The van der Waals surface area contributed by atoms with Crippen molar-refractivity contribution < 1.29 is 4.79 Å². The number of amides is 2. The zero-order valence-corrected chi connectivity index (χ0v) is 14.0. The lowest BCUT2D eigenvalue weighted by Gasteiger charge is -2.20. The molecule has 2 amide bonds. The number of carbonyl (C=O) groups excluding carboxylic acids is 1. The average Bonchev–Trinajstić information content (AvgIpc) is 3.37. The molecule has 25 heavy (non-hydrogen) atoms. The van der Waals surface area contributed by atoms with Gasteiger partial charge in [0.1, 0.15) is 5.82 Å². The molecular weight excluding hydrogens is 318 g/mol. The molecule has 1 saturated carbocycles. The standard InChI is InChI=1S/C17H21N7O/c25-17(23-7-1-2-8-23)20-12-4-3-11(9-12)16-22-21-14-10-19-15-13(24(14)16)5-6-18-15/h5-6,10-12,18H,1-4,7-9H2,(H,20,25)/t11-,12+/m1/s1. The molecule has 5 rings (SSSR count). The van der Waals surface area contributed by atoms with Crippen LogP contribution in [0, 0.1) is 0 Å². The van der Waals surface area contributed by atoms with Crippen molar-refractivity contribution in [2.24, 2.45) is 0 Å². The van der Waals surface area contributed by atoms with Crippen molar-refractivity contribution in [3.63, 3.8) is 0 Å². The summed E-state index contributed by atoms with van der Waals surface area (Å²) in [5.74, 6) is 1.28. The zero-order chi connectivity index (χ0) is 16.8. The van der Waals surface area contributed by atoms with Crippen LogP contribution in [0.2, 0.25) is 0 Å². The van der Waals surface area contributed by atoms with Gasteiger partial charge in [-0.25, -0.2) is 9.78 Å². The first-order chi connectivity index (χ1) is 12.3. The SMILES string of the molecule is O=C(N[C@H]1CC[C@@H](c2nnc3cnc4[nH]ccc4n23)C1)N1CCCC1. The number of nitrogens with zero attached hydrogens (tertiary/aromatic N) is 5. The van der Waals surface area contributed by atoms with Crippen molar-refractivity contribution in [1.82, 2.24) is 34.8 Å². The van der Waals surface area contributed by atoms with Gasteiger partial charge < -0.3 is 15.2 Å². The number of hydrogen-bond donors (Lipinski definition) is 2. The van der Waals surface area contributed by atoms with Gasteiger partial charge in [0.15, 0.2) is 11.3 Å². The average molecular weight is 339 g/mol. The maximum absolute atomic E-state index is 12.3. The number of aromatic amines is 1. The van der Waals surface area contributed by atoms with E-state index < -0.39 is 0 Å². The third-order valence-electron chi connectivity index (χ3n) is 5.49. The first-order valence-electron chi connectivity index (χ1n) is 9.02. The summed E-state index contributed by atoms with van der Waals surface area (Å²) in [7, 11) is 0. The number of nitrogens with one attached hydrogen (secondary N) is 2.